The number of nitrogens with two attached hydrogens (primary N) is 1. The highest BCUT2D eigenvalue weighted by atomic mass is 35.5. The fourth-order valence-corrected chi connectivity index (χ4v) is 4.28. The van der Waals surface area contributed by atoms with Crippen LogP contribution >= 0.6 is 24.8 Å². The van der Waals surface area contributed by atoms with Gasteiger partial charge in [0.05, 0.1) is 0 Å². The third-order valence-electron chi connectivity index (χ3n) is 6.12. The first-order valence-corrected chi connectivity index (χ1v) is 10.8. The molecule has 2 aromatic carbocycles. The van der Waals surface area contributed by atoms with Gasteiger partial charge in [0.2, 0.25) is 5.91 Å². The molecule has 8 heteroatoms. The summed E-state index contributed by atoms with van der Waals surface area (Å²) in [5, 5.41) is 2.87. The van der Waals surface area contributed by atoms with Crippen molar-refractivity contribution in [3.63, 3.8) is 0 Å². The molecule has 1 fully saturated rings. The molecular weight excluding hydrogens is 447 g/mol. The first kappa shape index (κ1) is 26.1. The van der Waals surface area contributed by atoms with Crippen molar-refractivity contribution in [1.29, 1.82) is 0 Å². The van der Waals surface area contributed by atoms with Crippen LogP contribution in [0.2, 0.25) is 0 Å². The van der Waals surface area contributed by atoms with Gasteiger partial charge in [-0.15, -0.1) is 24.8 Å². The Morgan fingerprint density at radius 3 is 2.44 bits per heavy atom. The SMILES string of the molecule is Cl.Cl.NC(CCCN1CCN(C(=O)c2ccc3c(c2)CCC(=O)N3)CC1)c1ccccc1. The van der Waals surface area contributed by atoms with E-state index < -0.39 is 0 Å². The number of nitrogens with zero attached hydrogens (tertiary/aromatic N) is 2. The molecule has 2 amide bonds. The number of fused-ring (bicyclic) bond motifs is 1. The molecule has 2 heterocycles. The Bertz CT molecular complexity index is 902. The molecule has 6 nitrogen and oxygen atoms in total. The summed E-state index contributed by atoms with van der Waals surface area (Å²) in [6.07, 6.45) is 3.20. The highest BCUT2D eigenvalue weighted by molar-refractivity contribution is 5.98. The fourth-order valence-electron chi connectivity index (χ4n) is 4.28. The van der Waals surface area contributed by atoms with Gasteiger partial charge in [0.25, 0.3) is 5.91 Å². The lowest BCUT2D eigenvalue weighted by Gasteiger charge is -2.35. The molecule has 0 saturated carbocycles. The number of benzene rings is 2. The zero-order chi connectivity index (χ0) is 20.9. The molecule has 1 saturated heterocycles. The second-order valence-electron chi connectivity index (χ2n) is 8.21. The normalized spacial score (nSPS) is 16.8. The number of halogens is 2. The number of amides is 2. The van der Waals surface area contributed by atoms with Crippen molar-refractivity contribution in [3.05, 3.63) is 65.2 Å². The number of carbonyl (C=O) groups excluding carboxylic acids is 2. The molecule has 1 unspecified atom stereocenters. The maximum absolute atomic E-state index is 12.9. The van der Waals surface area contributed by atoms with Crippen LogP contribution in [0, 0.1) is 0 Å². The minimum absolute atomic E-state index is 0. The quantitative estimate of drug-likeness (QED) is 0.663. The van der Waals surface area contributed by atoms with Gasteiger partial charge in [-0.25, -0.2) is 0 Å². The Balaban J connectivity index is 0.00000181. The molecule has 2 aliphatic rings. The van der Waals surface area contributed by atoms with E-state index in [1.54, 1.807) is 0 Å². The third kappa shape index (κ3) is 6.45. The predicted molar refractivity (Wildman–Crippen MR) is 133 cm³/mol. The van der Waals surface area contributed by atoms with Gasteiger partial charge >= 0.3 is 0 Å². The molecule has 0 bridgehead atoms. The molecule has 3 N–H and O–H groups in total. The highest BCUT2D eigenvalue weighted by Gasteiger charge is 2.23. The van der Waals surface area contributed by atoms with Gasteiger partial charge in [-0.2, -0.15) is 0 Å². The lowest BCUT2D eigenvalue weighted by molar-refractivity contribution is -0.116. The van der Waals surface area contributed by atoms with Crippen molar-refractivity contribution in [1.82, 2.24) is 9.80 Å². The molecule has 4 rings (SSSR count). The van der Waals surface area contributed by atoms with Crippen LogP contribution in [-0.4, -0.2) is 54.3 Å². The van der Waals surface area contributed by atoms with Gasteiger partial charge in [-0.3, -0.25) is 14.5 Å². The van der Waals surface area contributed by atoms with Gasteiger partial charge in [-0.05, 0) is 55.1 Å². The summed E-state index contributed by atoms with van der Waals surface area (Å²) in [6, 6.07) is 16.0. The summed E-state index contributed by atoms with van der Waals surface area (Å²) in [5.41, 5.74) is 10.1. The smallest absolute Gasteiger partial charge is 0.253 e. The third-order valence-corrected chi connectivity index (χ3v) is 6.12. The molecular formula is C24H32Cl2N4O2. The average Bonchev–Trinajstić information content (AvgIpc) is 2.79. The first-order valence-electron chi connectivity index (χ1n) is 10.8. The van der Waals surface area contributed by atoms with Crippen LogP contribution in [0.1, 0.15) is 46.8 Å². The van der Waals surface area contributed by atoms with E-state index in [0.717, 1.165) is 56.8 Å². The maximum atomic E-state index is 12.9. The van der Waals surface area contributed by atoms with E-state index in [0.29, 0.717) is 18.4 Å². The average molecular weight is 479 g/mol. The molecule has 2 aromatic rings. The van der Waals surface area contributed by atoms with Crippen molar-refractivity contribution in [2.24, 2.45) is 5.73 Å². The molecule has 174 valence electrons. The number of hydrogen-bond acceptors (Lipinski definition) is 4. The summed E-state index contributed by atoms with van der Waals surface area (Å²) in [6.45, 7) is 4.30. The van der Waals surface area contributed by atoms with Crippen molar-refractivity contribution in [2.75, 3.05) is 38.0 Å². The van der Waals surface area contributed by atoms with Gasteiger partial charge in [0.1, 0.15) is 0 Å². The summed E-state index contributed by atoms with van der Waals surface area (Å²) in [7, 11) is 0. The van der Waals surface area contributed by atoms with Crippen LogP contribution in [0.3, 0.4) is 0 Å². The van der Waals surface area contributed by atoms with E-state index in [9.17, 15) is 9.59 Å². The number of piperazine rings is 1. The summed E-state index contributed by atoms with van der Waals surface area (Å²) in [4.78, 5) is 28.8. The Labute approximate surface area is 202 Å². The van der Waals surface area contributed by atoms with Crippen molar-refractivity contribution >= 4 is 42.3 Å². The number of hydrogen-bond donors (Lipinski definition) is 2. The van der Waals surface area contributed by atoms with E-state index in [2.05, 4.69) is 22.3 Å². The maximum Gasteiger partial charge on any atom is 0.253 e. The number of anilines is 1. The predicted octanol–water partition coefficient (Wildman–Crippen LogP) is 3.65. The number of rotatable bonds is 6. The van der Waals surface area contributed by atoms with Crippen LogP contribution < -0.4 is 11.1 Å². The monoisotopic (exact) mass is 478 g/mol. The molecule has 1 atom stereocenters. The fraction of sp³-hybridized carbons (Fsp3) is 0.417. The molecule has 2 aliphatic heterocycles. The standard InChI is InChI=1S/C24H30N4O2.2ClH/c25-21(18-5-2-1-3-6-18)7-4-12-27-13-15-28(16-14-27)24(30)20-8-10-22-19(17-20)9-11-23(29)26-22;;/h1-3,5-6,8,10,17,21H,4,7,9,11-16,25H2,(H,26,29);2*1H. The molecule has 32 heavy (non-hydrogen) atoms. The number of nitrogens with one attached hydrogen (secondary N) is 1. The minimum Gasteiger partial charge on any atom is -0.336 e. The Morgan fingerprint density at radius 1 is 1.00 bits per heavy atom. The molecule has 0 aliphatic carbocycles. The van der Waals surface area contributed by atoms with Gasteiger partial charge in [0.15, 0.2) is 0 Å². The minimum atomic E-state index is 0. The van der Waals surface area contributed by atoms with Crippen LogP contribution in [0.25, 0.3) is 0 Å². The summed E-state index contributed by atoms with van der Waals surface area (Å²) in [5.74, 6) is 0.128. The lowest BCUT2D eigenvalue weighted by atomic mass is 10.00. The Hall–Kier alpha value is -2.12. The van der Waals surface area contributed by atoms with Crippen molar-refractivity contribution in [2.45, 2.75) is 31.7 Å². The molecule has 0 aromatic heterocycles. The number of carbonyl (C=O) groups is 2. The van der Waals surface area contributed by atoms with Gasteiger partial charge in [-0.1, -0.05) is 30.3 Å². The Kier molecular flexibility index (Phi) is 9.97. The van der Waals surface area contributed by atoms with E-state index in [-0.39, 0.29) is 42.7 Å². The second-order valence-corrected chi connectivity index (χ2v) is 8.21. The van der Waals surface area contributed by atoms with Gasteiger partial charge < -0.3 is 16.0 Å². The van der Waals surface area contributed by atoms with Crippen LogP contribution in [0.5, 0.6) is 0 Å². The van der Waals surface area contributed by atoms with Crippen LogP contribution in [-0.2, 0) is 11.2 Å². The number of aryl methyl sites for hydroxylation is 1. The zero-order valence-corrected chi connectivity index (χ0v) is 19.8. The molecule has 0 spiro atoms. The largest absolute Gasteiger partial charge is 0.336 e. The van der Waals surface area contributed by atoms with Gasteiger partial charge in [0, 0.05) is 49.9 Å². The van der Waals surface area contributed by atoms with Crippen molar-refractivity contribution in [3.8, 4) is 0 Å². The lowest BCUT2D eigenvalue weighted by Crippen LogP contribution is -2.48. The van der Waals surface area contributed by atoms with Crippen molar-refractivity contribution < 1.29 is 9.59 Å². The highest BCUT2D eigenvalue weighted by Crippen LogP contribution is 2.24. The van der Waals surface area contributed by atoms with E-state index >= 15 is 0 Å². The second kappa shape index (κ2) is 12.2. The molecule has 0 radical (unpaired) electrons. The zero-order valence-electron chi connectivity index (χ0n) is 18.2. The van der Waals surface area contributed by atoms with E-state index in [4.69, 9.17) is 5.73 Å². The Morgan fingerprint density at radius 2 is 1.72 bits per heavy atom. The van der Waals surface area contributed by atoms with E-state index in [1.165, 1.54) is 5.56 Å². The summed E-state index contributed by atoms with van der Waals surface area (Å²) < 4.78 is 0. The first-order chi connectivity index (χ1) is 14.6. The summed E-state index contributed by atoms with van der Waals surface area (Å²) >= 11 is 0. The van der Waals surface area contributed by atoms with E-state index in [1.807, 2.05) is 41.3 Å². The van der Waals surface area contributed by atoms with Crippen LogP contribution in [0.15, 0.2) is 48.5 Å². The van der Waals surface area contributed by atoms with Crippen LogP contribution in [0.4, 0.5) is 5.69 Å². The topological polar surface area (TPSA) is 78.7 Å².